The molecule has 104 valence electrons. The minimum absolute atomic E-state index is 0. The third kappa shape index (κ3) is 5.44. The fourth-order valence-corrected chi connectivity index (χ4v) is 1.72. The van der Waals surface area contributed by atoms with Gasteiger partial charge >= 0.3 is 0 Å². The predicted molar refractivity (Wildman–Crippen MR) is 69.0 cm³/mol. The standard InChI is InChI=1S/C11H14ClF3N2.ClH/c12-9-3-1-2-8(11(9)15)6-17(5-4-16)7-10(13)14;/h1-3,10H,4-7,16H2;1H. The van der Waals surface area contributed by atoms with Crippen LogP contribution in [0.2, 0.25) is 5.02 Å². The molecule has 0 radical (unpaired) electrons. The maximum Gasteiger partial charge on any atom is 0.251 e. The summed E-state index contributed by atoms with van der Waals surface area (Å²) in [5, 5.41) is -0.00718. The van der Waals surface area contributed by atoms with E-state index < -0.39 is 18.8 Å². The van der Waals surface area contributed by atoms with Crippen molar-refractivity contribution in [3.8, 4) is 0 Å². The number of rotatable bonds is 6. The van der Waals surface area contributed by atoms with E-state index in [9.17, 15) is 13.2 Å². The fourth-order valence-electron chi connectivity index (χ4n) is 1.52. The minimum atomic E-state index is -2.47. The van der Waals surface area contributed by atoms with Crippen molar-refractivity contribution in [1.82, 2.24) is 4.90 Å². The van der Waals surface area contributed by atoms with Gasteiger partial charge in [0.15, 0.2) is 0 Å². The first-order valence-corrected chi connectivity index (χ1v) is 5.56. The maximum atomic E-state index is 13.6. The summed E-state index contributed by atoms with van der Waals surface area (Å²) in [6, 6.07) is 4.53. The zero-order valence-electron chi connectivity index (χ0n) is 9.58. The lowest BCUT2D eigenvalue weighted by molar-refractivity contribution is 0.0857. The molecule has 0 bridgehead atoms. The van der Waals surface area contributed by atoms with E-state index in [1.807, 2.05) is 0 Å². The quantitative estimate of drug-likeness (QED) is 0.875. The molecule has 2 nitrogen and oxygen atoms in total. The van der Waals surface area contributed by atoms with E-state index in [1.54, 1.807) is 6.07 Å². The molecular weight excluding hydrogens is 288 g/mol. The van der Waals surface area contributed by atoms with Gasteiger partial charge in [0.25, 0.3) is 6.43 Å². The zero-order valence-corrected chi connectivity index (χ0v) is 11.2. The number of nitrogens with two attached hydrogens (primary N) is 1. The summed E-state index contributed by atoms with van der Waals surface area (Å²) in [7, 11) is 0. The second-order valence-electron chi connectivity index (χ2n) is 3.63. The van der Waals surface area contributed by atoms with Gasteiger partial charge in [-0.05, 0) is 6.07 Å². The molecule has 18 heavy (non-hydrogen) atoms. The van der Waals surface area contributed by atoms with Crippen molar-refractivity contribution in [2.24, 2.45) is 5.73 Å². The lowest BCUT2D eigenvalue weighted by atomic mass is 10.2. The molecule has 0 aliphatic heterocycles. The average molecular weight is 303 g/mol. The summed E-state index contributed by atoms with van der Waals surface area (Å²) in [5.74, 6) is -0.564. The predicted octanol–water partition coefficient (Wildman–Crippen LogP) is 2.93. The Kier molecular flexibility index (Phi) is 8.35. The molecule has 0 saturated heterocycles. The van der Waals surface area contributed by atoms with Crippen molar-refractivity contribution in [3.63, 3.8) is 0 Å². The molecule has 0 aliphatic rings. The fraction of sp³-hybridized carbons (Fsp3) is 0.455. The van der Waals surface area contributed by atoms with Crippen LogP contribution in [-0.4, -0.2) is 31.0 Å². The first-order valence-electron chi connectivity index (χ1n) is 5.18. The molecule has 0 spiro atoms. The Labute approximate surface area is 115 Å². The Morgan fingerprint density at radius 2 is 2.00 bits per heavy atom. The normalized spacial score (nSPS) is 10.8. The van der Waals surface area contributed by atoms with Gasteiger partial charge in [-0.2, -0.15) is 0 Å². The van der Waals surface area contributed by atoms with Crippen LogP contribution in [0.15, 0.2) is 18.2 Å². The smallest absolute Gasteiger partial charge is 0.251 e. The summed E-state index contributed by atoms with van der Waals surface area (Å²) < 4.78 is 38.1. The molecule has 1 aromatic carbocycles. The van der Waals surface area contributed by atoms with Gasteiger partial charge in [-0.1, -0.05) is 23.7 Å². The number of benzene rings is 1. The van der Waals surface area contributed by atoms with Gasteiger partial charge in [-0.15, -0.1) is 12.4 Å². The van der Waals surface area contributed by atoms with Gasteiger partial charge in [-0.3, -0.25) is 4.90 Å². The second kappa shape index (κ2) is 8.58. The molecule has 2 N–H and O–H groups in total. The highest BCUT2D eigenvalue weighted by Crippen LogP contribution is 2.19. The second-order valence-corrected chi connectivity index (χ2v) is 4.04. The maximum absolute atomic E-state index is 13.6. The highest BCUT2D eigenvalue weighted by molar-refractivity contribution is 6.30. The highest BCUT2D eigenvalue weighted by Gasteiger charge is 2.14. The topological polar surface area (TPSA) is 29.3 Å². The van der Waals surface area contributed by atoms with Gasteiger partial charge in [0.2, 0.25) is 0 Å². The van der Waals surface area contributed by atoms with Crippen molar-refractivity contribution >= 4 is 24.0 Å². The number of hydrogen-bond acceptors (Lipinski definition) is 2. The largest absolute Gasteiger partial charge is 0.329 e. The van der Waals surface area contributed by atoms with Crippen molar-refractivity contribution in [2.45, 2.75) is 13.0 Å². The van der Waals surface area contributed by atoms with Crippen LogP contribution in [0.3, 0.4) is 0 Å². The number of hydrogen-bond donors (Lipinski definition) is 1. The van der Waals surface area contributed by atoms with E-state index in [2.05, 4.69) is 0 Å². The molecule has 0 aromatic heterocycles. The lowest BCUT2D eigenvalue weighted by Gasteiger charge is -2.21. The van der Waals surface area contributed by atoms with Crippen LogP contribution < -0.4 is 5.73 Å². The molecule has 0 amide bonds. The van der Waals surface area contributed by atoms with Crippen LogP contribution in [-0.2, 0) is 6.54 Å². The van der Waals surface area contributed by atoms with Crippen molar-refractivity contribution < 1.29 is 13.2 Å². The van der Waals surface area contributed by atoms with Gasteiger partial charge in [0, 0.05) is 25.2 Å². The van der Waals surface area contributed by atoms with E-state index in [-0.39, 0.29) is 37.1 Å². The van der Waals surface area contributed by atoms with Gasteiger partial charge in [-0.25, -0.2) is 13.2 Å². The molecular formula is C11H15Cl2F3N2. The molecule has 0 unspecified atom stereocenters. The summed E-state index contributed by atoms with van der Waals surface area (Å²) >= 11 is 5.61. The van der Waals surface area contributed by atoms with Crippen LogP contribution >= 0.6 is 24.0 Å². The molecule has 1 rings (SSSR count). The van der Waals surface area contributed by atoms with Crippen molar-refractivity contribution in [1.29, 1.82) is 0 Å². The molecule has 0 atom stereocenters. The number of alkyl halides is 2. The van der Waals surface area contributed by atoms with E-state index in [4.69, 9.17) is 17.3 Å². The van der Waals surface area contributed by atoms with Crippen LogP contribution in [0.1, 0.15) is 5.56 Å². The highest BCUT2D eigenvalue weighted by atomic mass is 35.5. The molecule has 0 fully saturated rings. The summed E-state index contributed by atoms with van der Waals surface area (Å²) in [6.07, 6.45) is -2.47. The Balaban J connectivity index is 0.00000289. The van der Waals surface area contributed by atoms with E-state index in [0.29, 0.717) is 5.56 Å². The first-order chi connectivity index (χ1) is 8.04. The van der Waals surface area contributed by atoms with E-state index >= 15 is 0 Å². The van der Waals surface area contributed by atoms with Gasteiger partial charge in [0.05, 0.1) is 11.6 Å². The summed E-state index contributed by atoms with van der Waals surface area (Å²) in [6.45, 7) is 0.183. The molecule has 0 heterocycles. The third-order valence-corrected chi connectivity index (χ3v) is 2.56. The monoisotopic (exact) mass is 302 g/mol. The van der Waals surface area contributed by atoms with Crippen LogP contribution in [0, 0.1) is 5.82 Å². The molecule has 7 heteroatoms. The Hall–Kier alpha value is -0.490. The van der Waals surface area contributed by atoms with E-state index in [0.717, 1.165) is 0 Å². The summed E-state index contributed by atoms with van der Waals surface area (Å²) in [5.41, 5.74) is 5.62. The average Bonchev–Trinajstić information content (AvgIpc) is 2.24. The van der Waals surface area contributed by atoms with Crippen molar-refractivity contribution in [3.05, 3.63) is 34.6 Å². The Bertz CT molecular complexity index is 364. The van der Waals surface area contributed by atoms with Gasteiger partial charge in [0.1, 0.15) is 5.82 Å². The molecule has 0 saturated carbocycles. The lowest BCUT2D eigenvalue weighted by Crippen LogP contribution is -2.33. The number of nitrogens with zero attached hydrogens (tertiary/aromatic N) is 1. The SMILES string of the molecule is Cl.NCCN(Cc1cccc(Cl)c1F)CC(F)F. The van der Waals surface area contributed by atoms with Crippen LogP contribution in [0.25, 0.3) is 0 Å². The zero-order chi connectivity index (χ0) is 12.8. The third-order valence-electron chi connectivity index (χ3n) is 2.27. The van der Waals surface area contributed by atoms with E-state index in [1.165, 1.54) is 17.0 Å². The Morgan fingerprint density at radius 3 is 2.56 bits per heavy atom. The summed E-state index contributed by atoms with van der Waals surface area (Å²) in [4.78, 5) is 1.40. The Morgan fingerprint density at radius 1 is 1.33 bits per heavy atom. The first kappa shape index (κ1) is 17.5. The number of halogens is 5. The molecule has 0 aliphatic carbocycles. The van der Waals surface area contributed by atoms with Gasteiger partial charge < -0.3 is 5.73 Å². The minimum Gasteiger partial charge on any atom is -0.329 e. The van der Waals surface area contributed by atoms with Crippen molar-refractivity contribution in [2.75, 3.05) is 19.6 Å². The van der Waals surface area contributed by atoms with Crippen LogP contribution in [0.4, 0.5) is 13.2 Å². The molecule has 1 aromatic rings. The van der Waals surface area contributed by atoms with Crippen LogP contribution in [0.5, 0.6) is 0 Å².